The summed E-state index contributed by atoms with van der Waals surface area (Å²) in [5.41, 5.74) is 17.2. The fourth-order valence-electron chi connectivity index (χ4n) is 9.25. The molecule has 0 N–H and O–H groups in total. The van der Waals surface area contributed by atoms with Crippen molar-refractivity contribution in [3.63, 3.8) is 0 Å². The summed E-state index contributed by atoms with van der Waals surface area (Å²) >= 11 is 0. The highest BCUT2D eigenvalue weighted by molar-refractivity contribution is 6.06. The number of rotatable bonds is 12. The quantitative estimate of drug-likeness (QED) is 0.122. The predicted molar refractivity (Wildman–Crippen MR) is 284 cm³/mol. The third kappa shape index (κ3) is 8.64. The standard InChI is InChI=1S/C63H48N4O/c68-63-64(55-35-39-59(40-36-55)66(57-31-27-51(28-32-57)47-15-5-1-6-16-47)61-25-13-23-53(45-61)49-19-9-3-10-20-49)43-44-65(63)56-37-41-60(42-38-56)67(58-33-29-52(30-34-58)48-17-7-2-8-18-48)62-26-14-24-54(46-62)50-21-11-4-12-22-50/h1-42,45-46H,43-44H2. The van der Waals surface area contributed by atoms with Crippen molar-refractivity contribution < 1.29 is 4.79 Å². The lowest BCUT2D eigenvalue weighted by atomic mass is 10.0. The summed E-state index contributed by atoms with van der Waals surface area (Å²) in [4.78, 5) is 22.6. The second kappa shape index (κ2) is 18.9. The van der Waals surface area contributed by atoms with Gasteiger partial charge in [0, 0.05) is 58.6 Å². The lowest BCUT2D eigenvalue weighted by molar-refractivity contribution is 0.256. The van der Waals surface area contributed by atoms with Gasteiger partial charge in [0.1, 0.15) is 0 Å². The Bertz CT molecular complexity index is 3050. The van der Waals surface area contributed by atoms with E-state index in [4.69, 9.17) is 0 Å². The number of amides is 2. The number of carbonyl (C=O) groups excluding carboxylic acids is 1. The van der Waals surface area contributed by atoms with Gasteiger partial charge in [-0.25, -0.2) is 4.79 Å². The van der Waals surface area contributed by atoms with E-state index in [2.05, 4.69) is 252 Å². The Labute approximate surface area is 398 Å². The molecule has 10 aromatic carbocycles. The molecule has 1 fully saturated rings. The molecule has 326 valence electrons. The summed E-state index contributed by atoms with van der Waals surface area (Å²) in [6.07, 6.45) is 0. The molecule has 5 heteroatoms. The minimum Gasteiger partial charge on any atom is -0.310 e. The summed E-state index contributed by atoms with van der Waals surface area (Å²) in [5, 5.41) is 0. The Balaban J connectivity index is 0.865. The van der Waals surface area contributed by atoms with E-state index in [0.717, 1.165) is 78.9 Å². The van der Waals surface area contributed by atoms with E-state index < -0.39 is 0 Å². The van der Waals surface area contributed by atoms with Crippen LogP contribution in [0.3, 0.4) is 0 Å². The minimum absolute atomic E-state index is 0.0432. The second-order valence-electron chi connectivity index (χ2n) is 16.9. The molecule has 0 unspecified atom stereocenters. The first-order valence-corrected chi connectivity index (χ1v) is 23.1. The summed E-state index contributed by atoms with van der Waals surface area (Å²) < 4.78 is 0. The van der Waals surface area contributed by atoms with Crippen molar-refractivity contribution in [1.29, 1.82) is 0 Å². The summed E-state index contributed by atoms with van der Waals surface area (Å²) in [7, 11) is 0. The molecule has 0 saturated carbocycles. The van der Waals surface area contributed by atoms with Gasteiger partial charge in [0.2, 0.25) is 0 Å². The van der Waals surface area contributed by atoms with Crippen LogP contribution in [-0.4, -0.2) is 19.1 Å². The van der Waals surface area contributed by atoms with Gasteiger partial charge in [-0.1, -0.05) is 170 Å². The predicted octanol–water partition coefficient (Wildman–Crippen LogP) is 16.7. The van der Waals surface area contributed by atoms with Crippen molar-refractivity contribution in [1.82, 2.24) is 0 Å². The Morgan fingerprint density at radius 1 is 0.250 bits per heavy atom. The van der Waals surface area contributed by atoms with Gasteiger partial charge in [-0.2, -0.15) is 0 Å². The SMILES string of the molecule is O=C1N(c2ccc(N(c3ccc(-c4ccccc4)cc3)c3cccc(-c4ccccc4)c3)cc2)CCN1c1ccc(N(c2ccc(-c3ccccc3)cc2)c2cccc(-c3ccccc3)c2)cc1. The second-order valence-corrected chi connectivity index (χ2v) is 16.9. The van der Waals surface area contributed by atoms with Crippen LogP contribution < -0.4 is 19.6 Å². The molecule has 5 nitrogen and oxygen atoms in total. The number of benzene rings is 10. The maximum absolute atomic E-state index is 14.3. The molecule has 0 bridgehead atoms. The molecule has 0 atom stereocenters. The highest BCUT2D eigenvalue weighted by Crippen LogP contribution is 2.41. The Morgan fingerprint density at radius 2 is 0.515 bits per heavy atom. The number of carbonyl (C=O) groups is 1. The molecule has 0 spiro atoms. The van der Waals surface area contributed by atoms with E-state index >= 15 is 0 Å². The number of nitrogens with zero attached hydrogens (tertiary/aromatic N) is 4. The molecule has 1 saturated heterocycles. The van der Waals surface area contributed by atoms with Gasteiger partial charge in [-0.05, 0) is 142 Å². The van der Waals surface area contributed by atoms with Crippen LogP contribution in [0.15, 0.2) is 267 Å². The number of anilines is 8. The molecule has 0 aromatic heterocycles. The van der Waals surface area contributed by atoms with E-state index in [1.165, 1.54) is 11.1 Å². The molecular weight excluding hydrogens is 829 g/mol. The zero-order chi connectivity index (χ0) is 45.7. The molecule has 11 rings (SSSR count). The number of hydrogen-bond acceptors (Lipinski definition) is 3. The molecular formula is C63H48N4O. The largest absolute Gasteiger partial charge is 0.329 e. The fourth-order valence-corrected chi connectivity index (χ4v) is 9.25. The van der Waals surface area contributed by atoms with Crippen molar-refractivity contribution in [2.24, 2.45) is 0 Å². The molecule has 0 radical (unpaired) electrons. The van der Waals surface area contributed by atoms with Crippen LogP contribution in [0.2, 0.25) is 0 Å². The van der Waals surface area contributed by atoms with Crippen LogP contribution in [0.4, 0.5) is 50.3 Å². The molecule has 1 heterocycles. The lowest BCUT2D eigenvalue weighted by Crippen LogP contribution is -2.31. The Kier molecular flexibility index (Phi) is 11.6. The van der Waals surface area contributed by atoms with Crippen molar-refractivity contribution in [3.05, 3.63) is 267 Å². The molecule has 0 aliphatic carbocycles. The zero-order valence-corrected chi connectivity index (χ0v) is 37.5. The average molecular weight is 877 g/mol. The third-order valence-corrected chi connectivity index (χ3v) is 12.7. The highest BCUT2D eigenvalue weighted by Gasteiger charge is 2.31. The van der Waals surface area contributed by atoms with Crippen LogP contribution in [-0.2, 0) is 0 Å². The first-order chi connectivity index (χ1) is 33.6. The van der Waals surface area contributed by atoms with Crippen molar-refractivity contribution >= 4 is 51.5 Å². The van der Waals surface area contributed by atoms with E-state index in [-0.39, 0.29) is 6.03 Å². The average Bonchev–Trinajstić information content (AvgIpc) is 3.81. The minimum atomic E-state index is -0.0432. The topological polar surface area (TPSA) is 30.0 Å². The normalized spacial score (nSPS) is 12.3. The first kappa shape index (κ1) is 41.8. The summed E-state index contributed by atoms with van der Waals surface area (Å²) in [6, 6.07) is 93.4. The molecule has 1 aliphatic heterocycles. The first-order valence-electron chi connectivity index (χ1n) is 23.1. The van der Waals surface area contributed by atoms with Crippen LogP contribution in [0.5, 0.6) is 0 Å². The maximum Gasteiger partial charge on any atom is 0.329 e. The number of urea groups is 1. The van der Waals surface area contributed by atoms with E-state index in [1.54, 1.807) is 0 Å². The molecule has 2 amide bonds. The Hall–Kier alpha value is -8.93. The third-order valence-electron chi connectivity index (χ3n) is 12.7. The Morgan fingerprint density at radius 3 is 0.838 bits per heavy atom. The molecule has 1 aliphatic rings. The summed E-state index contributed by atoms with van der Waals surface area (Å²) in [6.45, 7) is 1.16. The van der Waals surface area contributed by atoms with Crippen LogP contribution in [0.25, 0.3) is 44.5 Å². The van der Waals surface area contributed by atoms with E-state index in [1.807, 2.05) is 34.1 Å². The zero-order valence-electron chi connectivity index (χ0n) is 37.5. The summed E-state index contributed by atoms with van der Waals surface area (Å²) in [5.74, 6) is 0. The van der Waals surface area contributed by atoms with Crippen LogP contribution in [0.1, 0.15) is 0 Å². The van der Waals surface area contributed by atoms with E-state index in [0.29, 0.717) is 13.1 Å². The van der Waals surface area contributed by atoms with Gasteiger partial charge in [0.25, 0.3) is 0 Å². The maximum atomic E-state index is 14.3. The van der Waals surface area contributed by atoms with Gasteiger partial charge < -0.3 is 9.80 Å². The van der Waals surface area contributed by atoms with Crippen molar-refractivity contribution in [2.75, 3.05) is 32.7 Å². The fraction of sp³-hybridized carbons (Fsp3) is 0.0317. The lowest BCUT2D eigenvalue weighted by Gasteiger charge is -2.27. The van der Waals surface area contributed by atoms with Gasteiger partial charge in [-0.3, -0.25) is 9.80 Å². The highest BCUT2D eigenvalue weighted by atomic mass is 16.2. The molecule has 10 aromatic rings. The number of hydrogen-bond donors (Lipinski definition) is 0. The van der Waals surface area contributed by atoms with Gasteiger partial charge in [0.05, 0.1) is 0 Å². The molecule has 68 heavy (non-hydrogen) atoms. The van der Waals surface area contributed by atoms with Crippen LogP contribution >= 0.6 is 0 Å². The monoisotopic (exact) mass is 876 g/mol. The van der Waals surface area contributed by atoms with Gasteiger partial charge in [0.15, 0.2) is 0 Å². The smallest absolute Gasteiger partial charge is 0.310 e. The van der Waals surface area contributed by atoms with Crippen molar-refractivity contribution in [3.8, 4) is 44.5 Å². The van der Waals surface area contributed by atoms with Crippen molar-refractivity contribution in [2.45, 2.75) is 0 Å². The van der Waals surface area contributed by atoms with Crippen LogP contribution in [0, 0.1) is 0 Å². The van der Waals surface area contributed by atoms with Gasteiger partial charge >= 0.3 is 6.03 Å². The van der Waals surface area contributed by atoms with E-state index in [9.17, 15) is 4.79 Å². The van der Waals surface area contributed by atoms with Gasteiger partial charge in [-0.15, -0.1) is 0 Å².